The Balaban J connectivity index is 1.75. The SMILES string of the molecule is CCCCN(Cc1ccccc1)c1ccc(C=C2SC(=S)N(CC(=O)O)C2=O)cc1. The van der Waals surface area contributed by atoms with Gasteiger partial charge in [0.25, 0.3) is 5.91 Å². The number of unbranched alkanes of at least 4 members (excludes halogenated alkanes) is 1. The first-order valence-electron chi connectivity index (χ1n) is 9.84. The average Bonchev–Trinajstić information content (AvgIpc) is 2.99. The van der Waals surface area contributed by atoms with Gasteiger partial charge < -0.3 is 10.0 Å². The lowest BCUT2D eigenvalue weighted by Crippen LogP contribution is -2.33. The number of anilines is 1. The molecule has 0 spiro atoms. The van der Waals surface area contributed by atoms with Crippen molar-refractivity contribution < 1.29 is 14.7 Å². The first kappa shape index (κ1) is 22.1. The van der Waals surface area contributed by atoms with E-state index in [2.05, 4.69) is 48.2 Å². The Labute approximate surface area is 186 Å². The van der Waals surface area contributed by atoms with Crippen LogP contribution < -0.4 is 4.90 Å². The normalized spacial score (nSPS) is 15.1. The smallest absolute Gasteiger partial charge is 0.323 e. The van der Waals surface area contributed by atoms with E-state index in [-0.39, 0.29) is 10.2 Å². The van der Waals surface area contributed by atoms with Gasteiger partial charge in [-0.2, -0.15) is 0 Å². The molecule has 0 saturated carbocycles. The van der Waals surface area contributed by atoms with E-state index in [4.69, 9.17) is 17.3 Å². The molecule has 1 N–H and O–H groups in total. The van der Waals surface area contributed by atoms with Crippen LogP contribution in [-0.4, -0.2) is 39.3 Å². The Morgan fingerprint density at radius 1 is 1.17 bits per heavy atom. The molecule has 30 heavy (non-hydrogen) atoms. The summed E-state index contributed by atoms with van der Waals surface area (Å²) in [5.74, 6) is -1.44. The fraction of sp³-hybridized carbons (Fsp3) is 0.261. The summed E-state index contributed by atoms with van der Waals surface area (Å²) in [6, 6.07) is 18.5. The molecule has 5 nitrogen and oxygen atoms in total. The molecule has 1 saturated heterocycles. The predicted octanol–water partition coefficient (Wildman–Crippen LogP) is 4.78. The number of hydrogen-bond acceptors (Lipinski definition) is 5. The monoisotopic (exact) mass is 440 g/mol. The number of carboxylic acid groups (broad SMARTS) is 1. The van der Waals surface area contributed by atoms with E-state index in [1.165, 1.54) is 5.56 Å². The zero-order valence-corrected chi connectivity index (χ0v) is 18.4. The maximum atomic E-state index is 12.4. The molecule has 156 valence electrons. The first-order valence-corrected chi connectivity index (χ1v) is 11.1. The standard InChI is InChI=1S/C23H24N2O3S2/c1-2-3-13-24(15-18-7-5-4-6-8-18)19-11-9-17(10-12-19)14-20-22(28)25(16-21(26)27)23(29)30-20/h4-12,14H,2-3,13,15-16H2,1H3,(H,26,27). The zero-order valence-electron chi connectivity index (χ0n) is 16.8. The molecule has 2 aromatic carbocycles. The Morgan fingerprint density at radius 3 is 2.50 bits per heavy atom. The summed E-state index contributed by atoms with van der Waals surface area (Å²) < 4.78 is 0.277. The summed E-state index contributed by atoms with van der Waals surface area (Å²) in [5.41, 5.74) is 3.27. The number of carbonyl (C=O) groups is 2. The van der Waals surface area contributed by atoms with E-state index < -0.39 is 12.5 Å². The van der Waals surface area contributed by atoms with Crippen LogP contribution in [0, 0.1) is 0 Å². The van der Waals surface area contributed by atoms with Gasteiger partial charge >= 0.3 is 5.97 Å². The molecule has 1 amide bonds. The van der Waals surface area contributed by atoms with Crippen LogP contribution in [-0.2, 0) is 16.1 Å². The van der Waals surface area contributed by atoms with Crippen LogP contribution in [0.4, 0.5) is 5.69 Å². The molecule has 2 aromatic rings. The molecule has 7 heteroatoms. The number of amides is 1. The van der Waals surface area contributed by atoms with Crippen molar-refractivity contribution in [2.75, 3.05) is 18.0 Å². The third-order valence-electron chi connectivity index (χ3n) is 4.72. The van der Waals surface area contributed by atoms with Crippen molar-refractivity contribution in [3.8, 4) is 0 Å². The van der Waals surface area contributed by atoms with Crippen molar-refractivity contribution in [2.24, 2.45) is 0 Å². The quantitative estimate of drug-likeness (QED) is 0.447. The molecule has 1 fully saturated rings. The average molecular weight is 441 g/mol. The van der Waals surface area contributed by atoms with Gasteiger partial charge in [-0.3, -0.25) is 14.5 Å². The third-order valence-corrected chi connectivity index (χ3v) is 6.10. The summed E-state index contributed by atoms with van der Waals surface area (Å²) in [7, 11) is 0. The van der Waals surface area contributed by atoms with E-state index in [0.717, 1.165) is 53.8 Å². The molecule has 0 aromatic heterocycles. The molecule has 3 rings (SSSR count). The van der Waals surface area contributed by atoms with Crippen molar-refractivity contribution in [3.05, 3.63) is 70.6 Å². The number of aliphatic carboxylic acids is 1. The van der Waals surface area contributed by atoms with Crippen LogP contribution in [0.3, 0.4) is 0 Å². The number of rotatable bonds is 9. The molecule has 1 aliphatic rings. The van der Waals surface area contributed by atoms with Crippen LogP contribution in [0.2, 0.25) is 0 Å². The number of carboxylic acids is 1. The Bertz CT molecular complexity index is 943. The Hall–Kier alpha value is -2.64. The fourth-order valence-corrected chi connectivity index (χ4v) is 4.41. The minimum atomic E-state index is -1.08. The molecule has 1 aliphatic heterocycles. The molecular weight excluding hydrogens is 416 g/mol. The van der Waals surface area contributed by atoms with E-state index in [0.29, 0.717) is 4.91 Å². The van der Waals surface area contributed by atoms with Crippen LogP contribution in [0.1, 0.15) is 30.9 Å². The summed E-state index contributed by atoms with van der Waals surface area (Å²) in [5, 5.41) is 8.95. The Morgan fingerprint density at radius 2 is 1.87 bits per heavy atom. The van der Waals surface area contributed by atoms with Crippen molar-refractivity contribution in [1.82, 2.24) is 4.90 Å². The molecule has 0 unspecified atom stereocenters. The van der Waals surface area contributed by atoms with Gasteiger partial charge in [0, 0.05) is 18.8 Å². The second kappa shape index (κ2) is 10.4. The highest BCUT2D eigenvalue weighted by atomic mass is 32.2. The summed E-state index contributed by atoms with van der Waals surface area (Å²) in [6.07, 6.45) is 4.00. The van der Waals surface area contributed by atoms with Crippen LogP contribution in [0.5, 0.6) is 0 Å². The predicted molar refractivity (Wildman–Crippen MR) is 126 cm³/mol. The highest BCUT2D eigenvalue weighted by molar-refractivity contribution is 8.26. The zero-order chi connectivity index (χ0) is 21.5. The second-order valence-electron chi connectivity index (χ2n) is 7.01. The van der Waals surface area contributed by atoms with E-state index >= 15 is 0 Å². The molecule has 0 radical (unpaired) electrons. The van der Waals surface area contributed by atoms with Crippen LogP contribution in [0.25, 0.3) is 6.08 Å². The van der Waals surface area contributed by atoms with Gasteiger partial charge in [-0.15, -0.1) is 0 Å². The van der Waals surface area contributed by atoms with Gasteiger partial charge in [0.05, 0.1) is 4.91 Å². The summed E-state index contributed by atoms with van der Waals surface area (Å²) in [6.45, 7) is 3.59. The largest absolute Gasteiger partial charge is 0.480 e. The summed E-state index contributed by atoms with van der Waals surface area (Å²) >= 11 is 6.28. The van der Waals surface area contributed by atoms with Crippen molar-refractivity contribution >= 4 is 51.9 Å². The van der Waals surface area contributed by atoms with E-state index in [1.54, 1.807) is 6.08 Å². The van der Waals surface area contributed by atoms with Gasteiger partial charge in [0.2, 0.25) is 0 Å². The molecule has 0 atom stereocenters. The minimum Gasteiger partial charge on any atom is -0.480 e. The number of nitrogens with zero attached hydrogens (tertiary/aromatic N) is 2. The fourth-order valence-electron chi connectivity index (χ4n) is 3.16. The third kappa shape index (κ3) is 5.70. The lowest BCUT2D eigenvalue weighted by Gasteiger charge is -2.25. The maximum absolute atomic E-state index is 12.4. The lowest BCUT2D eigenvalue weighted by molar-refractivity contribution is -0.140. The maximum Gasteiger partial charge on any atom is 0.323 e. The highest BCUT2D eigenvalue weighted by Crippen LogP contribution is 2.32. The highest BCUT2D eigenvalue weighted by Gasteiger charge is 2.33. The first-order chi connectivity index (χ1) is 14.5. The van der Waals surface area contributed by atoms with Crippen molar-refractivity contribution in [2.45, 2.75) is 26.3 Å². The van der Waals surface area contributed by atoms with E-state index in [1.807, 2.05) is 18.2 Å². The molecule has 1 heterocycles. The van der Waals surface area contributed by atoms with Crippen molar-refractivity contribution in [3.63, 3.8) is 0 Å². The van der Waals surface area contributed by atoms with Gasteiger partial charge in [0.15, 0.2) is 0 Å². The number of carbonyl (C=O) groups excluding carboxylic acids is 1. The number of benzene rings is 2. The topological polar surface area (TPSA) is 60.9 Å². The number of hydrogen-bond donors (Lipinski definition) is 1. The van der Waals surface area contributed by atoms with Crippen LogP contribution in [0.15, 0.2) is 59.5 Å². The Kier molecular flexibility index (Phi) is 7.65. The van der Waals surface area contributed by atoms with Gasteiger partial charge in [-0.05, 0) is 35.8 Å². The number of thioether (sulfide) groups is 1. The lowest BCUT2D eigenvalue weighted by atomic mass is 10.1. The van der Waals surface area contributed by atoms with Gasteiger partial charge in [-0.25, -0.2) is 0 Å². The summed E-state index contributed by atoms with van der Waals surface area (Å²) in [4.78, 5) is 27.3. The van der Waals surface area contributed by atoms with Gasteiger partial charge in [-0.1, -0.05) is 79.8 Å². The van der Waals surface area contributed by atoms with Crippen LogP contribution >= 0.6 is 24.0 Å². The number of thiocarbonyl (C=S) groups is 1. The van der Waals surface area contributed by atoms with Gasteiger partial charge in [0.1, 0.15) is 10.9 Å². The van der Waals surface area contributed by atoms with Crippen molar-refractivity contribution in [1.29, 1.82) is 0 Å². The van der Waals surface area contributed by atoms with E-state index in [9.17, 15) is 9.59 Å². The minimum absolute atomic E-state index is 0.277. The molecule has 0 bridgehead atoms. The second-order valence-corrected chi connectivity index (χ2v) is 8.69. The molecule has 0 aliphatic carbocycles. The molecular formula is C23H24N2O3S2.